The average Bonchev–Trinajstić information content (AvgIpc) is 2.48. The van der Waals surface area contributed by atoms with Gasteiger partial charge >= 0.3 is 0 Å². The minimum Gasteiger partial charge on any atom is -0.355 e. The zero-order valence-electron chi connectivity index (χ0n) is 11.1. The Hall–Kier alpha value is -1.79. The molecule has 1 N–H and O–H groups in total. The highest BCUT2D eigenvalue weighted by atomic mass is 79.9. The van der Waals surface area contributed by atoms with Crippen LogP contribution in [0.1, 0.15) is 29.5 Å². The normalized spacial score (nSPS) is 13.4. The van der Waals surface area contributed by atoms with Crippen LogP contribution >= 0.6 is 15.9 Å². The Balaban J connectivity index is 1.92. The summed E-state index contributed by atoms with van der Waals surface area (Å²) < 4.78 is 0.829. The molecule has 0 unspecified atom stereocenters. The second-order valence-electron chi connectivity index (χ2n) is 5.08. The number of halogens is 1. The summed E-state index contributed by atoms with van der Waals surface area (Å²) in [6.45, 7) is 0. The van der Waals surface area contributed by atoms with Gasteiger partial charge in [-0.15, -0.1) is 0 Å². The molecule has 0 bridgehead atoms. The predicted molar refractivity (Wildman–Crippen MR) is 85.2 cm³/mol. The molecule has 0 heterocycles. The van der Waals surface area contributed by atoms with Crippen LogP contribution in [0.4, 0.5) is 11.4 Å². The van der Waals surface area contributed by atoms with Crippen molar-refractivity contribution in [3.63, 3.8) is 0 Å². The fourth-order valence-corrected chi connectivity index (χ4v) is 3.20. The number of aryl methyl sites for hydroxylation is 1. The van der Waals surface area contributed by atoms with E-state index in [1.54, 1.807) is 0 Å². The molecule has 100 valence electrons. The van der Waals surface area contributed by atoms with Gasteiger partial charge in [0, 0.05) is 15.8 Å². The highest BCUT2D eigenvalue weighted by molar-refractivity contribution is 9.10. The van der Waals surface area contributed by atoms with Gasteiger partial charge in [0.2, 0.25) is 0 Å². The molecule has 1 aliphatic carbocycles. The number of nitriles is 1. The summed E-state index contributed by atoms with van der Waals surface area (Å²) in [5, 5.41) is 12.4. The van der Waals surface area contributed by atoms with Gasteiger partial charge in [-0.05, 0) is 77.0 Å². The van der Waals surface area contributed by atoms with E-state index < -0.39 is 0 Å². The summed E-state index contributed by atoms with van der Waals surface area (Å²) in [6.07, 6.45) is 4.89. The maximum absolute atomic E-state index is 8.96. The number of nitrogens with one attached hydrogen (secondary N) is 1. The minimum atomic E-state index is 0.658. The first kappa shape index (κ1) is 13.2. The standard InChI is InChI=1S/C17H15BrN2/c18-16-10-14(9-8-13(16)11-19)20-17-7-3-5-12-4-1-2-6-15(12)17/h3,5,7-10,20H,1-2,4,6H2. The lowest BCUT2D eigenvalue weighted by Gasteiger charge is -2.20. The first-order valence-electron chi connectivity index (χ1n) is 6.85. The van der Waals surface area contributed by atoms with Gasteiger partial charge in [0.15, 0.2) is 0 Å². The van der Waals surface area contributed by atoms with Gasteiger partial charge in [-0.2, -0.15) is 5.26 Å². The van der Waals surface area contributed by atoms with E-state index in [0.29, 0.717) is 5.56 Å². The molecule has 0 amide bonds. The molecule has 2 nitrogen and oxygen atoms in total. The van der Waals surface area contributed by atoms with Gasteiger partial charge in [0.1, 0.15) is 6.07 Å². The predicted octanol–water partition coefficient (Wildman–Crippen LogP) is 4.94. The summed E-state index contributed by atoms with van der Waals surface area (Å²) in [5.41, 5.74) is 5.77. The summed E-state index contributed by atoms with van der Waals surface area (Å²) in [7, 11) is 0. The molecule has 2 aromatic carbocycles. The Bertz CT molecular complexity index is 686. The van der Waals surface area contributed by atoms with Crippen molar-refractivity contribution in [2.24, 2.45) is 0 Å². The largest absolute Gasteiger partial charge is 0.355 e. The fraction of sp³-hybridized carbons (Fsp3) is 0.235. The van der Waals surface area contributed by atoms with Gasteiger partial charge in [0.25, 0.3) is 0 Å². The van der Waals surface area contributed by atoms with Crippen molar-refractivity contribution >= 4 is 27.3 Å². The molecule has 0 saturated carbocycles. The topological polar surface area (TPSA) is 35.8 Å². The molecule has 0 aliphatic heterocycles. The van der Waals surface area contributed by atoms with Crippen molar-refractivity contribution in [3.8, 4) is 6.07 Å². The van der Waals surface area contributed by atoms with E-state index in [1.807, 2.05) is 18.2 Å². The Morgan fingerprint density at radius 1 is 1.10 bits per heavy atom. The van der Waals surface area contributed by atoms with E-state index in [0.717, 1.165) is 16.6 Å². The molecule has 0 saturated heterocycles. The first-order valence-corrected chi connectivity index (χ1v) is 7.64. The maximum Gasteiger partial charge on any atom is 0.100 e. The molecule has 0 atom stereocenters. The summed E-state index contributed by atoms with van der Waals surface area (Å²) in [4.78, 5) is 0. The Morgan fingerprint density at radius 3 is 2.75 bits per heavy atom. The zero-order valence-corrected chi connectivity index (χ0v) is 12.7. The molecular weight excluding hydrogens is 312 g/mol. The van der Waals surface area contributed by atoms with Gasteiger partial charge in [-0.25, -0.2) is 0 Å². The lowest BCUT2D eigenvalue weighted by atomic mass is 9.90. The molecule has 3 heteroatoms. The third kappa shape index (κ3) is 2.57. The third-order valence-corrected chi connectivity index (χ3v) is 4.42. The Kier molecular flexibility index (Phi) is 3.75. The fourth-order valence-electron chi connectivity index (χ4n) is 2.74. The second-order valence-corrected chi connectivity index (χ2v) is 5.94. The SMILES string of the molecule is N#Cc1ccc(Nc2cccc3c2CCCC3)cc1Br. The van der Waals surface area contributed by atoms with Crippen molar-refractivity contribution in [3.05, 3.63) is 57.6 Å². The van der Waals surface area contributed by atoms with Crippen LogP contribution in [-0.4, -0.2) is 0 Å². The van der Waals surface area contributed by atoms with Crippen molar-refractivity contribution in [2.75, 3.05) is 5.32 Å². The number of benzene rings is 2. The quantitative estimate of drug-likeness (QED) is 0.848. The second kappa shape index (κ2) is 5.68. The zero-order chi connectivity index (χ0) is 13.9. The number of rotatable bonds is 2. The van der Waals surface area contributed by atoms with Crippen LogP contribution in [0.3, 0.4) is 0 Å². The molecule has 0 aromatic heterocycles. The summed E-state index contributed by atoms with van der Waals surface area (Å²) in [5.74, 6) is 0. The van der Waals surface area contributed by atoms with Crippen LogP contribution in [0.25, 0.3) is 0 Å². The number of nitrogens with zero attached hydrogens (tertiary/aromatic N) is 1. The molecule has 2 aromatic rings. The van der Waals surface area contributed by atoms with E-state index in [1.165, 1.54) is 36.1 Å². The Morgan fingerprint density at radius 2 is 1.95 bits per heavy atom. The molecule has 20 heavy (non-hydrogen) atoms. The average molecular weight is 327 g/mol. The van der Waals surface area contributed by atoms with Crippen LogP contribution in [0.5, 0.6) is 0 Å². The van der Waals surface area contributed by atoms with E-state index in [9.17, 15) is 0 Å². The van der Waals surface area contributed by atoms with Crippen molar-refractivity contribution in [1.29, 1.82) is 5.26 Å². The van der Waals surface area contributed by atoms with Crippen LogP contribution in [0, 0.1) is 11.3 Å². The Labute approximate surface area is 127 Å². The molecule has 0 radical (unpaired) electrons. The molecule has 1 aliphatic rings. The third-order valence-electron chi connectivity index (χ3n) is 3.76. The van der Waals surface area contributed by atoms with Crippen LogP contribution in [0.15, 0.2) is 40.9 Å². The highest BCUT2D eigenvalue weighted by Gasteiger charge is 2.13. The van der Waals surface area contributed by atoms with E-state index >= 15 is 0 Å². The van der Waals surface area contributed by atoms with E-state index in [4.69, 9.17) is 5.26 Å². The van der Waals surface area contributed by atoms with Crippen LogP contribution < -0.4 is 5.32 Å². The number of hydrogen-bond donors (Lipinski definition) is 1. The van der Waals surface area contributed by atoms with E-state index in [-0.39, 0.29) is 0 Å². The molecule has 3 rings (SSSR count). The van der Waals surface area contributed by atoms with Crippen molar-refractivity contribution in [1.82, 2.24) is 0 Å². The summed E-state index contributed by atoms with van der Waals surface area (Å²) in [6, 6.07) is 14.4. The first-order chi connectivity index (χ1) is 9.78. The van der Waals surface area contributed by atoms with Gasteiger partial charge in [-0.1, -0.05) is 12.1 Å². The minimum absolute atomic E-state index is 0.658. The lowest BCUT2D eigenvalue weighted by molar-refractivity contribution is 0.687. The molecular formula is C17H15BrN2. The number of anilines is 2. The van der Waals surface area contributed by atoms with Gasteiger partial charge in [-0.3, -0.25) is 0 Å². The van der Waals surface area contributed by atoms with Crippen molar-refractivity contribution in [2.45, 2.75) is 25.7 Å². The molecule has 0 fully saturated rings. The van der Waals surface area contributed by atoms with Crippen LogP contribution in [0.2, 0.25) is 0 Å². The number of fused-ring (bicyclic) bond motifs is 1. The maximum atomic E-state index is 8.96. The molecule has 0 spiro atoms. The van der Waals surface area contributed by atoms with Crippen LogP contribution in [-0.2, 0) is 12.8 Å². The highest BCUT2D eigenvalue weighted by Crippen LogP contribution is 2.31. The van der Waals surface area contributed by atoms with Crippen molar-refractivity contribution < 1.29 is 0 Å². The smallest absolute Gasteiger partial charge is 0.100 e. The van der Waals surface area contributed by atoms with Gasteiger partial charge < -0.3 is 5.32 Å². The number of hydrogen-bond acceptors (Lipinski definition) is 2. The van der Waals surface area contributed by atoms with Gasteiger partial charge in [0.05, 0.1) is 5.56 Å². The van der Waals surface area contributed by atoms with E-state index in [2.05, 4.69) is 45.5 Å². The summed E-state index contributed by atoms with van der Waals surface area (Å²) >= 11 is 3.43. The lowest BCUT2D eigenvalue weighted by Crippen LogP contribution is -2.06. The monoisotopic (exact) mass is 326 g/mol.